The van der Waals surface area contributed by atoms with Crippen LogP contribution in [-0.4, -0.2) is 35.6 Å². The van der Waals surface area contributed by atoms with E-state index in [0.717, 1.165) is 52.0 Å². The smallest absolute Gasteiger partial charge is 0.339 e. The van der Waals surface area contributed by atoms with Crippen LogP contribution >= 0.6 is 11.3 Å². The van der Waals surface area contributed by atoms with Crippen LogP contribution in [0.25, 0.3) is 22.2 Å². The number of nitrogens with zero attached hydrogens (tertiary/aromatic N) is 2. The molecule has 8 heteroatoms. The van der Waals surface area contributed by atoms with E-state index in [1.54, 1.807) is 7.11 Å². The number of fused-ring (bicyclic) bond motifs is 2. The van der Waals surface area contributed by atoms with Crippen LogP contribution in [0.1, 0.15) is 39.5 Å². The summed E-state index contributed by atoms with van der Waals surface area (Å²) in [5, 5.41) is 5.78. The Balaban J connectivity index is 1.18. The van der Waals surface area contributed by atoms with Gasteiger partial charge in [0.1, 0.15) is 5.75 Å². The summed E-state index contributed by atoms with van der Waals surface area (Å²) in [7, 11) is 1.62. The average molecular weight is 550 g/mol. The summed E-state index contributed by atoms with van der Waals surface area (Å²) in [6, 6.07) is 25.5. The minimum atomic E-state index is -0.517. The van der Waals surface area contributed by atoms with Crippen molar-refractivity contribution >= 4 is 39.2 Å². The van der Waals surface area contributed by atoms with E-state index in [9.17, 15) is 9.59 Å². The highest BCUT2D eigenvalue weighted by Crippen LogP contribution is 2.36. The summed E-state index contributed by atoms with van der Waals surface area (Å²) >= 11 is 1.31. The minimum absolute atomic E-state index is 0.288. The Morgan fingerprint density at radius 3 is 2.55 bits per heavy atom. The molecular formula is C32H27N3O4S. The van der Waals surface area contributed by atoms with E-state index in [4.69, 9.17) is 14.5 Å². The molecule has 1 aliphatic carbocycles. The number of hydrogen-bond acceptors (Lipinski definition) is 7. The van der Waals surface area contributed by atoms with Gasteiger partial charge in [-0.3, -0.25) is 15.1 Å². The van der Waals surface area contributed by atoms with Gasteiger partial charge in [0.15, 0.2) is 11.7 Å². The first-order chi connectivity index (χ1) is 19.6. The third-order valence-electron chi connectivity index (χ3n) is 7.20. The fourth-order valence-corrected chi connectivity index (χ4v) is 5.95. The van der Waals surface area contributed by atoms with Crippen molar-refractivity contribution in [2.24, 2.45) is 0 Å². The van der Waals surface area contributed by atoms with Crippen molar-refractivity contribution in [1.82, 2.24) is 9.97 Å². The SMILES string of the molecule is COc1ccc(-c2csc(NC(=O)COC(=O)c3c4c(nc5ccccc35)CCC(c3ccccc3)C4)n2)cc1. The molecule has 0 radical (unpaired) electrons. The maximum Gasteiger partial charge on any atom is 0.339 e. The predicted octanol–water partition coefficient (Wildman–Crippen LogP) is 6.43. The topological polar surface area (TPSA) is 90.4 Å². The molecule has 1 N–H and O–H groups in total. The number of amides is 1. The summed E-state index contributed by atoms with van der Waals surface area (Å²) in [4.78, 5) is 35.6. The number of carbonyl (C=O) groups excluding carboxylic acids is 2. The Labute approximate surface area is 235 Å². The van der Waals surface area contributed by atoms with E-state index in [-0.39, 0.29) is 5.92 Å². The number of aromatic nitrogens is 2. The number of benzene rings is 3. The fraction of sp³-hybridized carbons (Fsp3) is 0.188. The molecule has 2 heterocycles. The third kappa shape index (κ3) is 5.31. The van der Waals surface area contributed by atoms with Crippen LogP contribution < -0.4 is 10.1 Å². The number of nitrogens with one attached hydrogen (secondary N) is 1. The van der Waals surface area contributed by atoms with Crippen molar-refractivity contribution in [3.8, 4) is 17.0 Å². The Morgan fingerprint density at radius 2 is 1.75 bits per heavy atom. The Hall–Kier alpha value is -4.56. The maximum atomic E-state index is 13.5. The molecule has 1 aliphatic rings. The molecule has 3 aromatic carbocycles. The Bertz CT molecular complexity index is 1680. The van der Waals surface area contributed by atoms with Gasteiger partial charge in [0.25, 0.3) is 5.91 Å². The van der Waals surface area contributed by atoms with Crippen LogP contribution in [-0.2, 0) is 22.4 Å². The van der Waals surface area contributed by atoms with Gasteiger partial charge in [-0.2, -0.15) is 0 Å². The molecule has 1 amide bonds. The number of methoxy groups -OCH3 is 1. The number of carbonyl (C=O) groups is 2. The number of hydrogen-bond donors (Lipinski definition) is 1. The summed E-state index contributed by atoms with van der Waals surface area (Å²) in [5.41, 5.74) is 5.99. The molecule has 1 atom stereocenters. The molecular weight excluding hydrogens is 522 g/mol. The number of thiazole rings is 1. The molecule has 1 unspecified atom stereocenters. The van der Waals surface area contributed by atoms with Crippen LogP contribution in [0.4, 0.5) is 5.13 Å². The van der Waals surface area contributed by atoms with E-state index in [0.29, 0.717) is 17.1 Å². The average Bonchev–Trinajstić information content (AvgIpc) is 3.47. The van der Waals surface area contributed by atoms with Crippen molar-refractivity contribution < 1.29 is 19.1 Å². The first kappa shape index (κ1) is 25.7. The Kier molecular flexibility index (Phi) is 7.25. The first-order valence-corrected chi connectivity index (χ1v) is 14.0. The maximum absolute atomic E-state index is 13.5. The van der Waals surface area contributed by atoms with Gasteiger partial charge in [0.2, 0.25) is 0 Å². The van der Waals surface area contributed by atoms with Gasteiger partial charge in [0, 0.05) is 22.0 Å². The normalized spacial score (nSPS) is 14.4. The lowest BCUT2D eigenvalue weighted by atomic mass is 9.80. The molecule has 0 fully saturated rings. The zero-order valence-electron chi connectivity index (χ0n) is 21.9. The fourth-order valence-electron chi connectivity index (χ4n) is 5.22. The lowest BCUT2D eigenvalue weighted by molar-refractivity contribution is -0.119. The number of ether oxygens (including phenoxy) is 2. The lowest BCUT2D eigenvalue weighted by Crippen LogP contribution is -2.23. The largest absolute Gasteiger partial charge is 0.497 e. The first-order valence-electron chi connectivity index (χ1n) is 13.1. The molecule has 6 rings (SSSR count). The summed E-state index contributed by atoms with van der Waals surface area (Å²) in [6.07, 6.45) is 2.44. The van der Waals surface area contributed by atoms with E-state index in [2.05, 4.69) is 22.4 Å². The van der Waals surface area contributed by atoms with E-state index in [1.807, 2.05) is 72.1 Å². The van der Waals surface area contributed by atoms with Gasteiger partial charge in [-0.15, -0.1) is 11.3 Å². The van der Waals surface area contributed by atoms with Gasteiger partial charge in [-0.25, -0.2) is 9.78 Å². The number of para-hydroxylation sites is 1. The molecule has 5 aromatic rings. The number of aryl methyl sites for hydroxylation is 1. The highest BCUT2D eigenvalue weighted by atomic mass is 32.1. The van der Waals surface area contributed by atoms with Gasteiger partial charge in [-0.1, -0.05) is 48.5 Å². The molecule has 0 bridgehead atoms. The van der Waals surface area contributed by atoms with Crippen molar-refractivity contribution in [3.05, 3.63) is 107 Å². The van der Waals surface area contributed by atoms with Crippen LogP contribution in [0.5, 0.6) is 5.75 Å². The third-order valence-corrected chi connectivity index (χ3v) is 7.96. The molecule has 0 aliphatic heterocycles. The molecule has 7 nitrogen and oxygen atoms in total. The van der Waals surface area contributed by atoms with Crippen LogP contribution in [0.3, 0.4) is 0 Å². The summed E-state index contributed by atoms with van der Waals surface area (Å²) < 4.78 is 10.8. The molecule has 2 aromatic heterocycles. The van der Waals surface area contributed by atoms with Gasteiger partial charge >= 0.3 is 5.97 Å². The van der Waals surface area contributed by atoms with Gasteiger partial charge < -0.3 is 9.47 Å². The standard InChI is InChI=1S/C32H27N3O4S/c1-38-23-14-11-21(12-15-23)28-19-40-32(34-28)35-29(36)18-39-31(37)30-24-9-5-6-10-26(24)33-27-16-13-22(17-25(27)30)20-7-3-2-4-8-20/h2-12,14-15,19,22H,13,16-18H2,1H3,(H,34,35,36). The predicted molar refractivity (Wildman–Crippen MR) is 156 cm³/mol. The van der Waals surface area contributed by atoms with Crippen LogP contribution in [0.15, 0.2) is 84.2 Å². The number of rotatable bonds is 7. The molecule has 0 spiro atoms. The molecule has 0 saturated heterocycles. The van der Waals surface area contributed by atoms with Crippen molar-refractivity contribution in [2.75, 3.05) is 19.0 Å². The van der Waals surface area contributed by atoms with Crippen molar-refractivity contribution in [2.45, 2.75) is 25.2 Å². The van der Waals surface area contributed by atoms with E-state index < -0.39 is 18.5 Å². The minimum Gasteiger partial charge on any atom is -0.497 e. The zero-order chi connectivity index (χ0) is 27.5. The quantitative estimate of drug-likeness (QED) is 0.235. The van der Waals surface area contributed by atoms with Crippen molar-refractivity contribution in [3.63, 3.8) is 0 Å². The molecule has 40 heavy (non-hydrogen) atoms. The second-order valence-electron chi connectivity index (χ2n) is 9.67. The van der Waals surface area contributed by atoms with E-state index in [1.165, 1.54) is 16.9 Å². The number of esters is 1. The summed E-state index contributed by atoms with van der Waals surface area (Å²) in [6.45, 7) is -0.413. The molecule has 0 saturated carbocycles. The summed E-state index contributed by atoms with van der Waals surface area (Å²) in [5.74, 6) is 0.0830. The van der Waals surface area contributed by atoms with E-state index >= 15 is 0 Å². The Morgan fingerprint density at radius 1 is 0.975 bits per heavy atom. The van der Waals surface area contributed by atoms with Crippen molar-refractivity contribution in [1.29, 1.82) is 0 Å². The second-order valence-corrected chi connectivity index (χ2v) is 10.5. The zero-order valence-corrected chi connectivity index (χ0v) is 22.7. The van der Waals surface area contributed by atoms with Gasteiger partial charge in [-0.05, 0) is 66.6 Å². The van der Waals surface area contributed by atoms with Crippen LogP contribution in [0, 0.1) is 0 Å². The highest BCUT2D eigenvalue weighted by Gasteiger charge is 2.28. The lowest BCUT2D eigenvalue weighted by Gasteiger charge is -2.26. The number of anilines is 1. The number of pyridine rings is 1. The highest BCUT2D eigenvalue weighted by molar-refractivity contribution is 7.14. The monoisotopic (exact) mass is 549 g/mol. The van der Waals surface area contributed by atoms with Gasteiger partial charge in [0.05, 0.1) is 23.9 Å². The molecule has 200 valence electrons. The van der Waals surface area contributed by atoms with Crippen LogP contribution in [0.2, 0.25) is 0 Å². The second kappa shape index (κ2) is 11.3.